The lowest BCUT2D eigenvalue weighted by Gasteiger charge is -2.09. The highest BCUT2D eigenvalue weighted by Gasteiger charge is 2.16. The van der Waals surface area contributed by atoms with E-state index in [1.54, 1.807) is 24.4 Å². The maximum absolute atomic E-state index is 13.1. The summed E-state index contributed by atoms with van der Waals surface area (Å²) < 4.78 is 6.72. The first kappa shape index (κ1) is 22.8. The van der Waals surface area contributed by atoms with Crippen LogP contribution in [0.1, 0.15) is 22.5 Å². The predicted octanol–water partition coefficient (Wildman–Crippen LogP) is 5.35. The minimum Gasteiger partial charge on any atom is -0.364 e. The number of aromatic nitrogens is 3. The number of aryl methyl sites for hydroxylation is 1. The van der Waals surface area contributed by atoms with E-state index in [-0.39, 0.29) is 18.2 Å². The molecule has 0 aliphatic rings. The summed E-state index contributed by atoms with van der Waals surface area (Å²) in [6, 6.07) is 26.1. The third-order valence-corrected chi connectivity index (χ3v) is 5.57. The van der Waals surface area contributed by atoms with Crippen molar-refractivity contribution in [2.75, 3.05) is 10.6 Å². The van der Waals surface area contributed by atoms with Gasteiger partial charge in [0.15, 0.2) is 0 Å². The van der Waals surface area contributed by atoms with Crippen molar-refractivity contribution in [1.29, 1.82) is 0 Å². The molecule has 0 fully saturated rings. The Balaban J connectivity index is 1.34. The van der Waals surface area contributed by atoms with Crippen molar-refractivity contribution in [3.05, 3.63) is 115 Å². The van der Waals surface area contributed by atoms with Crippen LogP contribution in [0.3, 0.4) is 0 Å². The molecule has 0 saturated carbocycles. The minimum absolute atomic E-state index is 0.105. The number of hydrogen-bond donors (Lipinski definition) is 2. The van der Waals surface area contributed by atoms with E-state index < -0.39 is 0 Å². The SMILES string of the molecule is O=C(CCc1cn(-c2ccccc2)c(NC(=O)c2cccc(-c3cnoc3)c2)n1)Nc1ccccc1. The van der Waals surface area contributed by atoms with Gasteiger partial charge in [0.2, 0.25) is 11.9 Å². The first-order valence-electron chi connectivity index (χ1n) is 11.5. The van der Waals surface area contributed by atoms with E-state index in [0.29, 0.717) is 23.6 Å². The molecule has 0 bridgehead atoms. The van der Waals surface area contributed by atoms with Gasteiger partial charge in [-0.1, -0.05) is 53.7 Å². The summed E-state index contributed by atoms with van der Waals surface area (Å²) in [4.78, 5) is 30.2. The lowest BCUT2D eigenvalue weighted by molar-refractivity contribution is -0.116. The Hall–Kier alpha value is -4.98. The van der Waals surface area contributed by atoms with E-state index in [0.717, 1.165) is 22.5 Å². The van der Waals surface area contributed by atoms with Gasteiger partial charge in [0.05, 0.1) is 11.9 Å². The second-order valence-corrected chi connectivity index (χ2v) is 8.12. The molecule has 2 N–H and O–H groups in total. The quantitative estimate of drug-likeness (QED) is 0.314. The Morgan fingerprint density at radius 1 is 0.861 bits per heavy atom. The van der Waals surface area contributed by atoms with E-state index in [9.17, 15) is 9.59 Å². The summed E-state index contributed by atoms with van der Waals surface area (Å²) in [6.45, 7) is 0. The number of carbonyl (C=O) groups is 2. The summed E-state index contributed by atoms with van der Waals surface area (Å²) in [5.74, 6) is -0.0314. The van der Waals surface area contributed by atoms with Crippen LogP contribution in [0.4, 0.5) is 11.6 Å². The summed E-state index contributed by atoms with van der Waals surface area (Å²) in [5, 5.41) is 9.52. The van der Waals surface area contributed by atoms with Crippen molar-refractivity contribution in [2.45, 2.75) is 12.8 Å². The molecular formula is C28H23N5O3. The molecule has 0 atom stereocenters. The van der Waals surface area contributed by atoms with Gasteiger partial charge in [-0.15, -0.1) is 0 Å². The van der Waals surface area contributed by atoms with Gasteiger partial charge >= 0.3 is 0 Å². The van der Waals surface area contributed by atoms with Crippen LogP contribution < -0.4 is 10.6 Å². The summed E-state index contributed by atoms with van der Waals surface area (Å²) in [6.07, 6.45) is 5.65. The highest BCUT2D eigenvalue weighted by atomic mass is 16.5. The second-order valence-electron chi connectivity index (χ2n) is 8.12. The van der Waals surface area contributed by atoms with Crippen LogP contribution in [0.2, 0.25) is 0 Å². The number of nitrogens with one attached hydrogen (secondary N) is 2. The maximum atomic E-state index is 13.1. The van der Waals surface area contributed by atoms with Gasteiger partial charge in [-0.05, 0) is 42.0 Å². The molecule has 0 unspecified atom stereocenters. The molecule has 2 heterocycles. The number of anilines is 2. The molecule has 2 aromatic heterocycles. The summed E-state index contributed by atoms with van der Waals surface area (Å²) >= 11 is 0. The Morgan fingerprint density at radius 2 is 1.64 bits per heavy atom. The van der Waals surface area contributed by atoms with Crippen LogP contribution in [0.25, 0.3) is 16.8 Å². The zero-order valence-corrected chi connectivity index (χ0v) is 19.3. The lowest BCUT2D eigenvalue weighted by Crippen LogP contribution is -2.15. The molecule has 0 aliphatic carbocycles. The number of para-hydroxylation sites is 2. The molecule has 36 heavy (non-hydrogen) atoms. The third kappa shape index (κ3) is 5.39. The fourth-order valence-corrected chi connectivity index (χ4v) is 3.77. The van der Waals surface area contributed by atoms with E-state index in [4.69, 9.17) is 4.52 Å². The normalized spacial score (nSPS) is 10.7. The third-order valence-electron chi connectivity index (χ3n) is 5.57. The van der Waals surface area contributed by atoms with Crippen molar-refractivity contribution in [3.8, 4) is 16.8 Å². The molecule has 0 aliphatic heterocycles. The molecule has 8 nitrogen and oxygen atoms in total. The first-order chi connectivity index (χ1) is 17.7. The molecule has 0 spiro atoms. The summed E-state index contributed by atoms with van der Waals surface area (Å²) in [5.41, 5.74) is 4.36. The molecule has 0 saturated heterocycles. The van der Waals surface area contributed by atoms with Crippen LogP contribution in [-0.4, -0.2) is 26.5 Å². The number of benzene rings is 3. The minimum atomic E-state index is -0.301. The van der Waals surface area contributed by atoms with Crippen LogP contribution in [0, 0.1) is 0 Å². The monoisotopic (exact) mass is 477 g/mol. The molecule has 3 aromatic carbocycles. The van der Waals surface area contributed by atoms with E-state index in [1.165, 1.54) is 6.26 Å². The van der Waals surface area contributed by atoms with Crippen LogP contribution in [0.5, 0.6) is 0 Å². The van der Waals surface area contributed by atoms with Gasteiger partial charge in [0.1, 0.15) is 6.26 Å². The number of rotatable bonds is 8. The largest absolute Gasteiger partial charge is 0.364 e. The number of hydrogen-bond acceptors (Lipinski definition) is 5. The maximum Gasteiger partial charge on any atom is 0.258 e. The van der Waals surface area contributed by atoms with Crippen LogP contribution >= 0.6 is 0 Å². The number of imidazole rings is 1. The Morgan fingerprint density at radius 3 is 2.39 bits per heavy atom. The smallest absolute Gasteiger partial charge is 0.258 e. The fourth-order valence-electron chi connectivity index (χ4n) is 3.77. The van der Waals surface area contributed by atoms with Crippen molar-refractivity contribution >= 4 is 23.5 Å². The molecular weight excluding hydrogens is 454 g/mol. The molecule has 2 amide bonds. The average Bonchev–Trinajstić information content (AvgIpc) is 3.59. The molecule has 0 radical (unpaired) electrons. The molecule has 5 rings (SSSR count). The second kappa shape index (κ2) is 10.5. The van der Waals surface area contributed by atoms with Crippen LogP contribution in [-0.2, 0) is 11.2 Å². The van der Waals surface area contributed by atoms with Gasteiger partial charge in [-0.25, -0.2) is 4.98 Å². The standard InChI is InChI=1S/C28H23N5O3/c34-26(30-23-10-3-1-4-11-23)15-14-24-18-33(25-12-5-2-6-13-25)28(31-24)32-27(35)21-9-7-8-20(16-21)22-17-29-36-19-22/h1-13,16-19H,14-15H2,(H,30,34)(H,31,32,35). The van der Waals surface area contributed by atoms with E-state index in [2.05, 4.69) is 20.8 Å². The van der Waals surface area contributed by atoms with Gasteiger partial charge in [-0.3, -0.25) is 19.5 Å². The number of amides is 2. The number of nitrogens with zero attached hydrogens (tertiary/aromatic N) is 3. The van der Waals surface area contributed by atoms with Crippen molar-refractivity contribution in [2.24, 2.45) is 0 Å². The van der Waals surface area contributed by atoms with Crippen molar-refractivity contribution < 1.29 is 14.1 Å². The van der Waals surface area contributed by atoms with Crippen LogP contribution in [0.15, 0.2) is 108 Å². The molecule has 178 valence electrons. The van der Waals surface area contributed by atoms with E-state index >= 15 is 0 Å². The zero-order valence-electron chi connectivity index (χ0n) is 19.3. The van der Waals surface area contributed by atoms with Gasteiger partial charge in [0.25, 0.3) is 5.91 Å². The highest BCUT2D eigenvalue weighted by molar-refractivity contribution is 6.04. The fraction of sp³-hybridized carbons (Fsp3) is 0.0714. The lowest BCUT2D eigenvalue weighted by atomic mass is 10.1. The Kier molecular flexibility index (Phi) is 6.66. The Bertz CT molecular complexity index is 1460. The Labute approximate surface area is 207 Å². The van der Waals surface area contributed by atoms with Gasteiger partial charge < -0.3 is 9.84 Å². The summed E-state index contributed by atoms with van der Waals surface area (Å²) in [7, 11) is 0. The predicted molar refractivity (Wildman–Crippen MR) is 137 cm³/mol. The molecule has 5 aromatic rings. The number of carbonyl (C=O) groups excluding carboxylic acids is 2. The van der Waals surface area contributed by atoms with Gasteiger partial charge in [0, 0.05) is 41.5 Å². The van der Waals surface area contributed by atoms with E-state index in [1.807, 2.05) is 77.5 Å². The van der Waals surface area contributed by atoms with Crippen molar-refractivity contribution in [3.63, 3.8) is 0 Å². The zero-order chi connectivity index (χ0) is 24.7. The molecule has 8 heteroatoms. The van der Waals surface area contributed by atoms with Gasteiger partial charge in [-0.2, -0.15) is 0 Å². The topological polar surface area (TPSA) is 102 Å². The average molecular weight is 478 g/mol. The highest BCUT2D eigenvalue weighted by Crippen LogP contribution is 2.22. The van der Waals surface area contributed by atoms with Crippen molar-refractivity contribution in [1.82, 2.24) is 14.7 Å². The first-order valence-corrected chi connectivity index (χ1v) is 11.5.